The lowest BCUT2D eigenvalue weighted by Gasteiger charge is -2.31. The molecule has 3 nitrogen and oxygen atoms in total. The molecule has 1 aliphatic rings. The summed E-state index contributed by atoms with van der Waals surface area (Å²) in [5.41, 5.74) is 1.09. The first-order valence-corrected chi connectivity index (χ1v) is 7.43. The Morgan fingerprint density at radius 1 is 1.55 bits per heavy atom. The second-order valence-electron chi connectivity index (χ2n) is 5.37. The van der Waals surface area contributed by atoms with E-state index in [1.165, 1.54) is 6.07 Å². The average molecular weight is 317 g/mol. The van der Waals surface area contributed by atoms with E-state index in [0.717, 1.165) is 6.42 Å². The quantitative estimate of drug-likeness (QED) is 0.780. The van der Waals surface area contributed by atoms with Crippen LogP contribution in [0.15, 0.2) is 12.1 Å². The molecule has 20 heavy (non-hydrogen) atoms. The van der Waals surface area contributed by atoms with Gasteiger partial charge in [0.2, 0.25) is 0 Å². The van der Waals surface area contributed by atoms with Crippen molar-refractivity contribution in [2.45, 2.75) is 37.8 Å². The van der Waals surface area contributed by atoms with Crippen LogP contribution in [-0.2, 0) is 16.2 Å². The van der Waals surface area contributed by atoms with Crippen LogP contribution < -0.4 is 0 Å². The van der Waals surface area contributed by atoms with Crippen molar-refractivity contribution in [3.8, 4) is 0 Å². The van der Waals surface area contributed by atoms with E-state index in [1.54, 1.807) is 6.07 Å². The summed E-state index contributed by atoms with van der Waals surface area (Å²) < 4.78 is 21.5. The van der Waals surface area contributed by atoms with E-state index in [9.17, 15) is 4.39 Å². The standard InChI is InChI=1S/C14H15Cl2FN2O/c1-8-14(2,3-4-20-8)19-12-6-10(17)9(16)5-11(12)18-13(19)7-15/h5-6,8H,3-4,7H2,1-2H3. The lowest BCUT2D eigenvalue weighted by molar-refractivity contribution is 0.0766. The van der Waals surface area contributed by atoms with Crippen LogP contribution in [-0.4, -0.2) is 22.3 Å². The molecule has 0 amide bonds. The lowest BCUT2D eigenvalue weighted by Crippen LogP contribution is -2.37. The van der Waals surface area contributed by atoms with Crippen molar-refractivity contribution < 1.29 is 9.13 Å². The van der Waals surface area contributed by atoms with Gasteiger partial charge in [-0.25, -0.2) is 9.37 Å². The average Bonchev–Trinajstić information content (AvgIpc) is 2.92. The number of halogens is 3. The summed E-state index contributed by atoms with van der Waals surface area (Å²) in [5.74, 6) is 0.524. The minimum Gasteiger partial charge on any atom is -0.376 e. The van der Waals surface area contributed by atoms with E-state index in [4.69, 9.17) is 27.9 Å². The number of benzene rings is 1. The highest BCUT2D eigenvalue weighted by atomic mass is 35.5. The van der Waals surface area contributed by atoms with E-state index in [1.807, 2.05) is 11.5 Å². The predicted molar refractivity (Wildman–Crippen MR) is 77.9 cm³/mol. The summed E-state index contributed by atoms with van der Waals surface area (Å²) in [6, 6.07) is 2.97. The van der Waals surface area contributed by atoms with E-state index in [2.05, 4.69) is 11.9 Å². The second kappa shape index (κ2) is 4.86. The van der Waals surface area contributed by atoms with E-state index < -0.39 is 5.82 Å². The van der Waals surface area contributed by atoms with Gasteiger partial charge in [-0.15, -0.1) is 11.6 Å². The van der Waals surface area contributed by atoms with Crippen LogP contribution in [0.2, 0.25) is 5.02 Å². The molecule has 2 unspecified atom stereocenters. The summed E-state index contributed by atoms with van der Waals surface area (Å²) in [7, 11) is 0. The lowest BCUT2D eigenvalue weighted by atomic mass is 9.93. The molecule has 0 aliphatic carbocycles. The molecule has 0 bridgehead atoms. The number of hydrogen-bond acceptors (Lipinski definition) is 2. The molecular formula is C14H15Cl2FN2O. The fourth-order valence-corrected chi connectivity index (χ4v) is 3.24. The Morgan fingerprint density at radius 2 is 2.30 bits per heavy atom. The largest absolute Gasteiger partial charge is 0.376 e. The minimum atomic E-state index is -0.448. The van der Waals surface area contributed by atoms with Crippen LogP contribution in [0.4, 0.5) is 4.39 Å². The van der Waals surface area contributed by atoms with Crippen molar-refractivity contribution in [1.82, 2.24) is 9.55 Å². The Hall–Kier alpha value is -0.840. The first-order chi connectivity index (χ1) is 9.47. The third-order valence-corrected chi connectivity index (χ3v) is 4.78. The van der Waals surface area contributed by atoms with Crippen molar-refractivity contribution in [3.05, 3.63) is 28.8 Å². The van der Waals surface area contributed by atoms with Crippen LogP contribution in [0.3, 0.4) is 0 Å². The minimum absolute atomic E-state index is 0.0144. The summed E-state index contributed by atoms with van der Waals surface area (Å²) >= 11 is 11.9. The summed E-state index contributed by atoms with van der Waals surface area (Å²) in [4.78, 5) is 4.48. The highest BCUT2D eigenvalue weighted by molar-refractivity contribution is 6.31. The highest BCUT2D eigenvalue weighted by Crippen LogP contribution is 2.38. The molecule has 2 heterocycles. The molecule has 2 aromatic rings. The molecule has 0 N–H and O–H groups in total. The first-order valence-electron chi connectivity index (χ1n) is 6.52. The maximum atomic E-state index is 13.8. The van der Waals surface area contributed by atoms with E-state index >= 15 is 0 Å². The fraction of sp³-hybridized carbons (Fsp3) is 0.500. The van der Waals surface area contributed by atoms with Crippen LogP contribution in [0, 0.1) is 5.82 Å². The van der Waals surface area contributed by atoms with Gasteiger partial charge in [-0.05, 0) is 26.3 Å². The molecule has 1 aromatic carbocycles. The van der Waals surface area contributed by atoms with Crippen molar-refractivity contribution in [2.24, 2.45) is 0 Å². The van der Waals surface area contributed by atoms with Gasteiger partial charge in [0, 0.05) is 12.7 Å². The van der Waals surface area contributed by atoms with E-state index in [0.29, 0.717) is 23.5 Å². The molecule has 1 aromatic heterocycles. The van der Waals surface area contributed by atoms with Gasteiger partial charge < -0.3 is 9.30 Å². The normalized spacial score (nSPS) is 26.6. The number of alkyl halides is 1. The zero-order valence-corrected chi connectivity index (χ0v) is 12.8. The van der Waals surface area contributed by atoms with Gasteiger partial charge in [0.15, 0.2) is 0 Å². The second-order valence-corrected chi connectivity index (χ2v) is 6.05. The molecule has 0 radical (unpaired) electrons. The molecular weight excluding hydrogens is 302 g/mol. The summed E-state index contributed by atoms with van der Waals surface area (Å²) in [6.45, 7) is 4.78. The number of imidazole rings is 1. The number of fused-ring (bicyclic) bond motifs is 1. The number of nitrogens with zero attached hydrogens (tertiary/aromatic N) is 2. The summed E-state index contributed by atoms with van der Waals surface area (Å²) in [5, 5.41) is 0.0733. The fourth-order valence-electron chi connectivity index (χ4n) is 2.90. The molecule has 0 spiro atoms. The Labute approximate surface area is 126 Å². The monoisotopic (exact) mass is 316 g/mol. The SMILES string of the molecule is CC1OCCC1(C)n1c(CCl)nc2cc(Cl)c(F)cc21. The Kier molecular flexibility index (Phi) is 3.43. The number of hydrogen-bond donors (Lipinski definition) is 0. The smallest absolute Gasteiger partial charge is 0.144 e. The number of ether oxygens (including phenoxy) is 1. The van der Waals surface area contributed by atoms with Gasteiger partial charge in [0.25, 0.3) is 0 Å². The van der Waals surface area contributed by atoms with Gasteiger partial charge in [0.05, 0.1) is 33.6 Å². The molecule has 1 aliphatic heterocycles. The maximum Gasteiger partial charge on any atom is 0.144 e. The molecule has 6 heteroatoms. The van der Waals surface area contributed by atoms with Gasteiger partial charge in [-0.2, -0.15) is 0 Å². The van der Waals surface area contributed by atoms with Gasteiger partial charge >= 0.3 is 0 Å². The number of rotatable bonds is 2. The number of aromatic nitrogens is 2. The molecule has 1 saturated heterocycles. The maximum absolute atomic E-state index is 13.8. The van der Waals surface area contributed by atoms with Crippen molar-refractivity contribution in [3.63, 3.8) is 0 Å². The zero-order chi connectivity index (χ0) is 14.5. The Balaban J connectivity index is 2.30. The van der Waals surface area contributed by atoms with Crippen LogP contribution >= 0.6 is 23.2 Å². The molecule has 1 fully saturated rings. The topological polar surface area (TPSA) is 27.1 Å². The first kappa shape index (κ1) is 14.1. The summed E-state index contributed by atoms with van der Waals surface area (Å²) in [6.07, 6.45) is 0.855. The van der Waals surface area contributed by atoms with Crippen molar-refractivity contribution in [1.29, 1.82) is 0 Å². The molecule has 2 atom stereocenters. The van der Waals surface area contributed by atoms with Gasteiger partial charge in [-0.1, -0.05) is 11.6 Å². The van der Waals surface area contributed by atoms with Gasteiger partial charge in [0.1, 0.15) is 11.6 Å². The predicted octanol–water partition coefficient (Wildman–Crippen LogP) is 4.09. The van der Waals surface area contributed by atoms with Crippen LogP contribution in [0.5, 0.6) is 0 Å². The van der Waals surface area contributed by atoms with Crippen LogP contribution in [0.25, 0.3) is 11.0 Å². The third kappa shape index (κ3) is 1.93. The Morgan fingerprint density at radius 3 is 2.90 bits per heavy atom. The molecule has 3 rings (SSSR count). The van der Waals surface area contributed by atoms with E-state index in [-0.39, 0.29) is 22.5 Å². The zero-order valence-electron chi connectivity index (χ0n) is 11.3. The Bertz CT molecular complexity index is 673. The highest BCUT2D eigenvalue weighted by Gasteiger charge is 2.41. The van der Waals surface area contributed by atoms with Gasteiger partial charge in [-0.3, -0.25) is 0 Å². The third-order valence-electron chi connectivity index (χ3n) is 4.25. The van der Waals surface area contributed by atoms with Crippen molar-refractivity contribution in [2.75, 3.05) is 6.61 Å². The molecule has 108 valence electrons. The van der Waals surface area contributed by atoms with Crippen molar-refractivity contribution >= 4 is 34.2 Å². The van der Waals surface area contributed by atoms with Crippen LogP contribution in [0.1, 0.15) is 26.1 Å². The molecule has 0 saturated carbocycles.